The number of hydrogen-bond donors (Lipinski definition) is 1. The highest BCUT2D eigenvalue weighted by atomic mass is 16.5. The van der Waals surface area contributed by atoms with E-state index in [1.54, 1.807) is 17.0 Å². The number of nitrogens with zero attached hydrogens (tertiary/aromatic N) is 3. The molecule has 3 aromatic rings. The fourth-order valence-corrected chi connectivity index (χ4v) is 4.01. The summed E-state index contributed by atoms with van der Waals surface area (Å²) in [5, 5.41) is 7.72. The number of aromatic nitrogens is 2. The number of benzene rings is 1. The van der Waals surface area contributed by atoms with Crippen molar-refractivity contribution < 1.29 is 18.8 Å². The molecule has 0 radical (unpaired) electrons. The number of morpholine rings is 1. The molecule has 2 fully saturated rings. The van der Waals surface area contributed by atoms with Crippen molar-refractivity contribution in [2.75, 3.05) is 19.7 Å². The average Bonchev–Trinajstić information content (AvgIpc) is 3.54. The van der Waals surface area contributed by atoms with Crippen LogP contribution in [0.25, 0.3) is 10.9 Å². The van der Waals surface area contributed by atoms with Gasteiger partial charge in [0, 0.05) is 30.0 Å². The molecular weight excluding hydrogens is 408 g/mol. The van der Waals surface area contributed by atoms with E-state index in [0.29, 0.717) is 42.6 Å². The Morgan fingerprint density at radius 1 is 1.19 bits per heavy atom. The minimum absolute atomic E-state index is 0.0138. The predicted molar refractivity (Wildman–Crippen MR) is 117 cm³/mol. The lowest BCUT2D eigenvalue weighted by Gasteiger charge is -2.32. The molecule has 0 unspecified atom stereocenters. The Bertz CT molecular complexity index is 1170. The standard InChI is InChI=1S/C24H26N4O4/c1-14(2)25-23(29)17-11-19(26-18-6-4-3-5-16(17)18)22-13-28(9-10-31-22)24(30)20-12-21(32-27-20)15-7-8-15/h3-6,11-12,14-15,22H,7-10,13H2,1-2H3,(H,25,29)/t22-/m1/s1. The second kappa shape index (κ2) is 8.35. The van der Waals surface area contributed by atoms with Crippen LogP contribution in [0.5, 0.6) is 0 Å². The van der Waals surface area contributed by atoms with Crippen LogP contribution in [0.15, 0.2) is 40.9 Å². The molecule has 8 heteroatoms. The molecule has 1 N–H and O–H groups in total. The lowest BCUT2D eigenvalue weighted by atomic mass is 10.0. The van der Waals surface area contributed by atoms with Crippen LogP contribution in [-0.2, 0) is 4.74 Å². The molecule has 2 aromatic heterocycles. The summed E-state index contributed by atoms with van der Waals surface area (Å²) < 4.78 is 11.3. The number of fused-ring (bicyclic) bond motifs is 1. The van der Waals surface area contributed by atoms with Crippen LogP contribution in [0.4, 0.5) is 0 Å². The number of ether oxygens (including phenoxy) is 1. The average molecular weight is 434 g/mol. The van der Waals surface area contributed by atoms with Crippen LogP contribution in [0.1, 0.15) is 71.0 Å². The summed E-state index contributed by atoms with van der Waals surface area (Å²) >= 11 is 0. The molecule has 1 aliphatic heterocycles. The number of rotatable bonds is 5. The first-order valence-electron chi connectivity index (χ1n) is 11.1. The Hall–Kier alpha value is -3.26. The zero-order chi connectivity index (χ0) is 22.2. The highest BCUT2D eigenvalue weighted by molar-refractivity contribution is 6.06. The summed E-state index contributed by atoms with van der Waals surface area (Å²) in [7, 11) is 0. The van der Waals surface area contributed by atoms with Crippen molar-refractivity contribution in [2.24, 2.45) is 0 Å². The molecule has 32 heavy (non-hydrogen) atoms. The van der Waals surface area contributed by atoms with Crippen molar-refractivity contribution in [3.05, 3.63) is 59.1 Å². The highest BCUT2D eigenvalue weighted by Crippen LogP contribution is 2.40. The van der Waals surface area contributed by atoms with Crippen molar-refractivity contribution in [1.29, 1.82) is 0 Å². The third kappa shape index (κ3) is 4.10. The first kappa shape index (κ1) is 20.6. The van der Waals surface area contributed by atoms with E-state index in [0.717, 1.165) is 29.5 Å². The van der Waals surface area contributed by atoms with Gasteiger partial charge in [0.25, 0.3) is 11.8 Å². The van der Waals surface area contributed by atoms with E-state index in [9.17, 15) is 9.59 Å². The number of nitrogens with one attached hydrogen (secondary N) is 1. The van der Waals surface area contributed by atoms with Crippen LogP contribution >= 0.6 is 0 Å². The molecule has 8 nitrogen and oxygen atoms in total. The van der Waals surface area contributed by atoms with Gasteiger partial charge in [0.1, 0.15) is 11.9 Å². The van der Waals surface area contributed by atoms with E-state index in [4.69, 9.17) is 14.2 Å². The lowest BCUT2D eigenvalue weighted by Crippen LogP contribution is -2.42. The third-order valence-electron chi connectivity index (χ3n) is 5.81. The fourth-order valence-electron chi connectivity index (χ4n) is 4.01. The molecule has 1 saturated carbocycles. The summed E-state index contributed by atoms with van der Waals surface area (Å²) in [5.41, 5.74) is 2.23. The summed E-state index contributed by atoms with van der Waals surface area (Å²) in [4.78, 5) is 32.3. The van der Waals surface area contributed by atoms with Gasteiger partial charge in [-0.3, -0.25) is 9.59 Å². The molecule has 2 amide bonds. The Labute approximate surface area is 185 Å². The Balaban J connectivity index is 1.41. The molecule has 1 aliphatic carbocycles. The number of carbonyl (C=O) groups is 2. The molecule has 1 aromatic carbocycles. The molecule has 0 spiro atoms. The smallest absolute Gasteiger partial charge is 0.276 e. The van der Waals surface area contributed by atoms with Gasteiger partial charge in [0.15, 0.2) is 5.69 Å². The van der Waals surface area contributed by atoms with E-state index in [1.807, 2.05) is 38.1 Å². The number of amides is 2. The first-order chi connectivity index (χ1) is 15.5. The predicted octanol–water partition coefficient (Wildman–Crippen LogP) is 3.45. The van der Waals surface area contributed by atoms with Gasteiger partial charge in [-0.25, -0.2) is 4.98 Å². The van der Waals surface area contributed by atoms with Crippen LogP contribution in [0, 0.1) is 0 Å². The topological polar surface area (TPSA) is 97.6 Å². The molecule has 1 saturated heterocycles. The van der Waals surface area contributed by atoms with Gasteiger partial charge in [-0.1, -0.05) is 23.4 Å². The molecule has 166 valence electrons. The van der Waals surface area contributed by atoms with Crippen molar-refractivity contribution >= 4 is 22.7 Å². The Morgan fingerprint density at radius 2 is 2.00 bits per heavy atom. The minimum Gasteiger partial charge on any atom is -0.368 e. The maximum absolute atomic E-state index is 13.0. The van der Waals surface area contributed by atoms with Crippen molar-refractivity contribution in [1.82, 2.24) is 20.4 Å². The number of hydrogen-bond acceptors (Lipinski definition) is 6. The lowest BCUT2D eigenvalue weighted by molar-refractivity contribution is -0.0249. The number of carbonyl (C=O) groups excluding carboxylic acids is 2. The van der Waals surface area contributed by atoms with Gasteiger partial charge in [0.05, 0.1) is 29.9 Å². The van der Waals surface area contributed by atoms with Crippen molar-refractivity contribution in [3.63, 3.8) is 0 Å². The Morgan fingerprint density at radius 3 is 2.78 bits per heavy atom. The van der Waals surface area contributed by atoms with Crippen LogP contribution < -0.4 is 5.32 Å². The fraction of sp³-hybridized carbons (Fsp3) is 0.417. The number of para-hydroxylation sites is 1. The van der Waals surface area contributed by atoms with Gasteiger partial charge < -0.3 is 19.5 Å². The van der Waals surface area contributed by atoms with Gasteiger partial charge in [-0.15, -0.1) is 0 Å². The van der Waals surface area contributed by atoms with E-state index < -0.39 is 6.10 Å². The second-order valence-electron chi connectivity index (χ2n) is 8.74. The van der Waals surface area contributed by atoms with E-state index in [2.05, 4.69) is 10.5 Å². The molecular formula is C24H26N4O4. The van der Waals surface area contributed by atoms with Gasteiger partial charge in [-0.05, 0) is 38.8 Å². The van der Waals surface area contributed by atoms with Gasteiger partial charge in [0.2, 0.25) is 0 Å². The third-order valence-corrected chi connectivity index (χ3v) is 5.81. The maximum Gasteiger partial charge on any atom is 0.276 e. The highest BCUT2D eigenvalue weighted by Gasteiger charge is 2.32. The van der Waals surface area contributed by atoms with E-state index in [1.165, 1.54) is 0 Å². The van der Waals surface area contributed by atoms with Crippen molar-refractivity contribution in [2.45, 2.75) is 44.8 Å². The number of pyridine rings is 1. The zero-order valence-electron chi connectivity index (χ0n) is 18.2. The quantitative estimate of drug-likeness (QED) is 0.661. The summed E-state index contributed by atoms with van der Waals surface area (Å²) in [6.07, 6.45) is 1.74. The monoisotopic (exact) mass is 434 g/mol. The first-order valence-corrected chi connectivity index (χ1v) is 11.1. The molecule has 2 aliphatic rings. The zero-order valence-corrected chi connectivity index (χ0v) is 18.2. The maximum atomic E-state index is 13.0. The second-order valence-corrected chi connectivity index (χ2v) is 8.74. The van der Waals surface area contributed by atoms with Crippen molar-refractivity contribution in [3.8, 4) is 0 Å². The van der Waals surface area contributed by atoms with E-state index in [-0.39, 0.29) is 17.9 Å². The summed E-state index contributed by atoms with van der Waals surface area (Å²) in [6, 6.07) is 11.1. The summed E-state index contributed by atoms with van der Waals surface area (Å²) in [5.74, 6) is 0.861. The molecule has 3 heterocycles. The van der Waals surface area contributed by atoms with Gasteiger partial charge >= 0.3 is 0 Å². The Kier molecular flexibility index (Phi) is 5.38. The normalized spacial score (nSPS) is 18.8. The summed E-state index contributed by atoms with van der Waals surface area (Å²) in [6.45, 7) is 5.03. The molecule has 0 bridgehead atoms. The van der Waals surface area contributed by atoms with Crippen LogP contribution in [-0.4, -0.2) is 52.6 Å². The SMILES string of the molecule is CC(C)NC(=O)c1cc([C@H]2CN(C(=O)c3cc(C4CC4)on3)CCO2)nc2ccccc12. The molecule has 1 atom stereocenters. The van der Waals surface area contributed by atoms with Crippen LogP contribution in [0.2, 0.25) is 0 Å². The van der Waals surface area contributed by atoms with Crippen LogP contribution in [0.3, 0.4) is 0 Å². The minimum atomic E-state index is -0.433. The van der Waals surface area contributed by atoms with Gasteiger partial charge in [-0.2, -0.15) is 0 Å². The van der Waals surface area contributed by atoms with E-state index >= 15 is 0 Å². The largest absolute Gasteiger partial charge is 0.368 e. The molecule has 5 rings (SSSR count).